The van der Waals surface area contributed by atoms with Gasteiger partial charge in [0.05, 0.1) is 23.1 Å². The molecule has 3 aliphatic carbocycles. The number of hydrogen-bond acceptors (Lipinski definition) is 3. The van der Waals surface area contributed by atoms with Crippen molar-refractivity contribution in [3.8, 4) is 0 Å². The molecule has 3 fully saturated rings. The summed E-state index contributed by atoms with van der Waals surface area (Å²) in [5, 5.41) is 9.12. The van der Waals surface area contributed by atoms with E-state index in [1.807, 2.05) is 0 Å². The van der Waals surface area contributed by atoms with Crippen LogP contribution in [0.1, 0.15) is 23.2 Å². The Labute approximate surface area is 132 Å². The number of hydrogen-bond donors (Lipinski definition) is 1. The van der Waals surface area contributed by atoms with Crippen LogP contribution in [0.15, 0.2) is 36.4 Å². The zero-order valence-corrected chi connectivity index (χ0v) is 12.3. The summed E-state index contributed by atoms with van der Waals surface area (Å²) in [7, 11) is 0. The number of allylic oxidation sites excluding steroid dienone is 2. The zero-order chi connectivity index (χ0) is 15.9. The third-order valence-electron chi connectivity index (χ3n) is 6.20. The SMILES string of the molecule is O=C(O)c1cccc(N2C(=O)[C@@H]3[C@H](C2=O)[C@H]2C=C[C@H]3C23CC3)c1. The molecule has 5 rings (SSSR count). The monoisotopic (exact) mass is 309 g/mol. The molecule has 1 saturated heterocycles. The number of benzene rings is 1. The van der Waals surface area contributed by atoms with Crippen molar-refractivity contribution in [2.24, 2.45) is 29.1 Å². The second kappa shape index (κ2) is 3.91. The summed E-state index contributed by atoms with van der Waals surface area (Å²) in [5.41, 5.74) is 0.633. The van der Waals surface area contributed by atoms with Gasteiger partial charge in [0.1, 0.15) is 0 Å². The number of carbonyl (C=O) groups excluding carboxylic acids is 2. The maximum Gasteiger partial charge on any atom is 0.335 e. The highest BCUT2D eigenvalue weighted by Crippen LogP contribution is 2.73. The Morgan fingerprint density at radius 1 is 1.09 bits per heavy atom. The van der Waals surface area contributed by atoms with E-state index in [1.165, 1.54) is 17.0 Å². The highest BCUT2D eigenvalue weighted by molar-refractivity contribution is 6.23. The van der Waals surface area contributed by atoms with Crippen molar-refractivity contribution < 1.29 is 19.5 Å². The van der Waals surface area contributed by atoms with Gasteiger partial charge in [-0.25, -0.2) is 9.69 Å². The van der Waals surface area contributed by atoms with Crippen LogP contribution >= 0.6 is 0 Å². The summed E-state index contributed by atoms with van der Waals surface area (Å²) in [4.78, 5) is 38.2. The summed E-state index contributed by atoms with van der Waals surface area (Å²) in [6.07, 6.45) is 6.47. The molecule has 0 unspecified atom stereocenters. The van der Waals surface area contributed by atoms with Crippen molar-refractivity contribution in [3.05, 3.63) is 42.0 Å². The fourth-order valence-corrected chi connectivity index (χ4v) is 5.11. The molecule has 4 aliphatic rings. The number of carboxylic acids is 1. The number of anilines is 1. The molecule has 2 bridgehead atoms. The van der Waals surface area contributed by atoms with Gasteiger partial charge in [-0.15, -0.1) is 0 Å². The summed E-state index contributed by atoms with van der Waals surface area (Å²) < 4.78 is 0. The van der Waals surface area contributed by atoms with Gasteiger partial charge in [-0.2, -0.15) is 0 Å². The standard InChI is InChI=1S/C18H15NO4/c20-15-13-11-4-5-12(18(11)6-7-18)14(13)16(21)19(15)10-3-1-2-9(8-10)17(22)23/h1-5,8,11-14H,6-7H2,(H,22,23)/t11-,12-,13-,14+/m1/s1. The van der Waals surface area contributed by atoms with Gasteiger partial charge in [0, 0.05) is 0 Å². The maximum absolute atomic E-state index is 12.9. The summed E-state index contributed by atoms with van der Waals surface area (Å²) in [5.74, 6) is -1.54. The van der Waals surface area contributed by atoms with Gasteiger partial charge in [0.2, 0.25) is 11.8 Å². The topological polar surface area (TPSA) is 74.7 Å². The highest BCUT2D eigenvalue weighted by Gasteiger charge is 2.73. The average molecular weight is 309 g/mol. The molecule has 1 N–H and O–H groups in total. The normalized spacial score (nSPS) is 35.2. The first-order chi connectivity index (χ1) is 11.0. The van der Waals surface area contributed by atoms with Gasteiger partial charge < -0.3 is 5.11 Å². The molecule has 1 aliphatic heterocycles. The molecule has 1 heterocycles. The smallest absolute Gasteiger partial charge is 0.335 e. The Balaban J connectivity index is 1.56. The maximum atomic E-state index is 12.9. The molecule has 116 valence electrons. The van der Waals surface area contributed by atoms with Gasteiger partial charge in [0.15, 0.2) is 0 Å². The van der Waals surface area contributed by atoms with E-state index in [4.69, 9.17) is 5.11 Å². The van der Waals surface area contributed by atoms with E-state index in [0.717, 1.165) is 12.8 Å². The van der Waals surface area contributed by atoms with E-state index in [2.05, 4.69) is 12.2 Å². The van der Waals surface area contributed by atoms with Gasteiger partial charge in [-0.1, -0.05) is 18.2 Å². The second-order valence-corrected chi connectivity index (χ2v) is 7.09. The molecule has 0 aromatic heterocycles. The summed E-state index contributed by atoms with van der Waals surface area (Å²) >= 11 is 0. The number of fused-ring (bicyclic) bond motifs is 3. The van der Waals surface area contributed by atoms with E-state index in [0.29, 0.717) is 5.69 Å². The van der Waals surface area contributed by atoms with Crippen LogP contribution in [0.2, 0.25) is 0 Å². The van der Waals surface area contributed by atoms with Crippen LogP contribution in [-0.2, 0) is 9.59 Å². The van der Waals surface area contributed by atoms with Crippen molar-refractivity contribution in [3.63, 3.8) is 0 Å². The van der Waals surface area contributed by atoms with Gasteiger partial charge in [-0.3, -0.25) is 9.59 Å². The Hall–Kier alpha value is -2.43. The number of nitrogens with zero attached hydrogens (tertiary/aromatic N) is 1. The van der Waals surface area contributed by atoms with Crippen LogP contribution in [0.25, 0.3) is 0 Å². The third kappa shape index (κ3) is 1.41. The molecule has 2 amide bonds. The van der Waals surface area contributed by atoms with E-state index in [9.17, 15) is 14.4 Å². The number of rotatable bonds is 2. The van der Waals surface area contributed by atoms with E-state index < -0.39 is 5.97 Å². The van der Waals surface area contributed by atoms with Crippen LogP contribution in [0, 0.1) is 29.1 Å². The molecule has 23 heavy (non-hydrogen) atoms. The van der Waals surface area contributed by atoms with Crippen molar-refractivity contribution in [2.45, 2.75) is 12.8 Å². The lowest BCUT2D eigenvalue weighted by Gasteiger charge is -2.21. The van der Waals surface area contributed by atoms with Crippen LogP contribution in [0.5, 0.6) is 0 Å². The Bertz CT molecular complexity index is 773. The molecule has 2 saturated carbocycles. The van der Waals surface area contributed by atoms with E-state index in [-0.39, 0.29) is 46.5 Å². The van der Waals surface area contributed by atoms with Crippen LogP contribution in [-0.4, -0.2) is 22.9 Å². The summed E-state index contributed by atoms with van der Waals surface area (Å²) in [6, 6.07) is 6.07. The van der Waals surface area contributed by atoms with E-state index >= 15 is 0 Å². The first-order valence-electron chi connectivity index (χ1n) is 7.94. The molecule has 1 spiro atoms. The minimum atomic E-state index is -1.06. The van der Waals surface area contributed by atoms with Crippen LogP contribution in [0.4, 0.5) is 5.69 Å². The van der Waals surface area contributed by atoms with Gasteiger partial charge in [0.25, 0.3) is 0 Å². The van der Waals surface area contributed by atoms with Crippen molar-refractivity contribution in [2.75, 3.05) is 4.90 Å². The first-order valence-corrected chi connectivity index (χ1v) is 7.94. The predicted molar refractivity (Wildman–Crippen MR) is 80.7 cm³/mol. The fourth-order valence-electron chi connectivity index (χ4n) is 5.11. The Morgan fingerprint density at radius 2 is 1.70 bits per heavy atom. The zero-order valence-electron chi connectivity index (χ0n) is 12.3. The Kier molecular flexibility index (Phi) is 2.22. The number of aromatic carboxylic acids is 1. The lowest BCUT2D eigenvalue weighted by molar-refractivity contribution is -0.123. The molecule has 1 aromatic carbocycles. The molecule has 0 radical (unpaired) electrons. The molecule has 5 heteroatoms. The third-order valence-corrected chi connectivity index (χ3v) is 6.20. The highest BCUT2D eigenvalue weighted by atomic mass is 16.4. The lowest BCUT2D eigenvalue weighted by atomic mass is 9.85. The molecular weight excluding hydrogens is 294 g/mol. The lowest BCUT2D eigenvalue weighted by Crippen LogP contribution is -2.34. The first kappa shape index (κ1) is 13.0. The number of imide groups is 1. The van der Waals surface area contributed by atoms with Crippen LogP contribution < -0.4 is 4.90 Å². The van der Waals surface area contributed by atoms with Gasteiger partial charge in [-0.05, 0) is 48.3 Å². The molecule has 1 aromatic rings. The van der Waals surface area contributed by atoms with Crippen molar-refractivity contribution in [1.82, 2.24) is 0 Å². The number of carbonyl (C=O) groups is 3. The minimum Gasteiger partial charge on any atom is -0.478 e. The fraction of sp³-hybridized carbons (Fsp3) is 0.389. The largest absolute Gasteiger partial charge is 0.478 e. The summed E-state index contributed by atoms with van der Waals surface area (Å²) in [6.45, 7) is 0. The van der Waals surface area contributed by atoms with Gasteiger partial charge >= 0.3 is 5.97 Å². The van der Waals surface area contributed by atoms with E-state index in [1.54, 1.807) is 12.1 Å². The minimum absolute atomic E-state index is 0.0833. The quantitative estimate of drug-likeness (QED) is 0.670. The predicted octanol–water partition coefficient (Wildman–Crippen LogP) is 2.09. The number of carboxylic acid groups (broad SMARTS) is 1. The second-order valence-electron chi connectivity index (χ2n) is 7.09. The Morgan fingerprint density at radius 3 is 2.22 bits per heavy atom. The molecule has 4 atom stereocenters. The molecular formula is C18H15NO4. The molecule has 5 nitrogen and oxygen atoms in total. The average Bonchev–Trinajstić information content (AvgIpc) is 3.13. The number of amides is 2. The van der Waals surface area contributed by atoms with Crippen molar-refractivity contribution >= 4 is 23.5 Å². The van der Waals surface area contributed by atoms with Crippen molar-refractivity contribution in [1.29, 1.82) is 0 Å². The van der Waals surface area contributed by atoms with Crippen LogP contribution in [0.3, 0.4) is 0 Å².